The Kier molecular flexibility index (Phi) is 4.13. The van der Waals surface area contributed by atoms with E-state index in [-0.39, 0.29) is 5.69 Å². The molecule has 1 heterocycles. The van der Waals surface area contributed by atoms with E-state index in [1.165, 1.54) is 18.3 Å². The molecular formula is C13H7ClF2N2O3. The summed E-state index contributed by atoms with van der Waals surface area (Å²) in [6.45, 7) is 0. The van der Waals surface area contributed by atoms with Crippen LogP contribution in [0.1, 0.15) is 20.8 Å². The number of halogens is 3. The second-order valence-electron chi connectivity index (χ2n) is 3.93. The first kappa shape index (κ1) is 14.9. The van der Waals surface area contributed by atoms with E-state index in [0.717, 1.165) is 0 Å². The van der Waals surface area contributed by atoms with Crippen molar-refractivity contribution in [3.63, 3.8) is 0 Å². The van der Waals surface area contributed by atoms with E-state index in [0.29, 0.717) is 17.2 Å². The highest BCUT2D eigenvalue weighted by Crippen LogP contribution is 2.20. The summed E-state index contributed by atoms with van der Waals surface area (Å²) in [5, 5.41) is 11.2. The topological polar surface area (TPSA) is 79.3 Å². The number of rotatable bonds is 3. The first-order valence-corrected chi connectivity index (χ1v) is 5.91. The normalized spacial score (nSPS) is 10.2. The molecule has 2 rings (SSSR count). The largest absolute Gasteiger partial charge is 0.478 e. The van der Waals surface area contributed by atoms with E-state index < -0.39 is 34.8 Å². The van der Waals surface area contributed by atoms with Crippen molar-refractivity contribution >= 4 is 29.2 Å². The number of benzene rings is 1. The Balaban J connectivity index is 2.30. The van der Waals surface area contributed by atoms with Crippen LogP contribution in [0.2, 0.25) is 5.02 Å². The van der Waals surface area contributed by atoms with Gasteiger partial charge in [-0.1, -0.05) is 11.6 Å². The van der Waals surface area contributed by atoms with E-state index >= 15 is 0 Å². The van der Waals surface area contributed by atoms with Gasteiger partial charge in [-0.2, -0.15) is 0 Å². The lowest BCUT2D eigenvalue weighted by atomic mass is 10.1. The fraction of sp³-hybridized carbons (Fsp3) is 0. The molecule has 0 saturated carbocycles. The number of pyridine rings is 1. The van der Waals surface area contributed by atoms with Gasteiger partial charge in [-0.3, -0.25) is 4.79 Å². The Bertz CT molecular complexity index is 720. The third-order valence-electron chi connectivity index (χ3n) is 2.50. The van der Waals surface area contributed by atoms with Crippen LogP contribution in [-0.2, 0) is 0 Å². The summed E-state index contributed by atoms with van der Waals surface area (Å²) in [5.74, 6) is -4.69. The number of hydrogen-bond acceptors (Lipinski definition) is 3. The van der Waals surface area contributed by atoms with Crippen LogP contribution in [0.25, 0.3) is 0 Å². The van der Waals surface area contributed by atoms with E-state index in [1.54, 1.807) is 0 Å². The maximum atomic E-state index is 13.5. The van der Waals surface area contributed by atoms with Gasteiger partial charge in [0, 0.05) is 12.3 Å². The number of aromatic carboxylic acids is 1. The molecule has 2 aromatic rings. The minimum atomic E-state index is -1.58. The minimum absolute atomic E-state index is 0.0556. The van der Waals surface area contributed by atoms with Crippen molar-refractivity contribution in [1.29, 1.82) is 0 Å². The first-order valence-electron chi connectivity index (χ1n) is 5.53. The molecule has 0 fully saturated rings. The van der Waals surface area contributed by atoms with Crippen LogP contribution in [0.4, 0.5) is 14.5 Å². The second-order valence-corrected chi connectivity index (χ2v) is 4.37. The highest BCUT2D eigenvalue weighted by atomic mass is 35.5. The standard InChI is InChI=1S/C13H7ClF2N2O3/c14-6-1-2-10(17-5-6)12(19)18-11-3-7(13(20)21)8(15)4-9(11)16/h1-5H,(H,18,19)(H,20,21). The summed E-state index contributed by atoms with van der Waals surface area (Å²) in [4.78, 5) is 26.3. The van der Waals surface area contributed by atoms with Gasteiger partial charge >= 0.3 is 5.97 Å². The number of anilines is 1. The molecule has 0 saturated heterocycles. The van der Waals surface area contributed by atoms with Crippen LogP contribution in [-0.4, -0.2) is 22.0 Å². The number of carbonyl (C=O) groups excluding carboxylic acids is 1. The minimum Gasteiger partial charge on any atom is -0.478 e. The van der Waals surface area contributed by atoms with Gasteiger partial charge in [0.15, 0.2) is 0 Å². The molecule has 0 atom stereocenters. The predicted molar refractivity (Wildman–Crippen MR) is 70.5 cm³/mol. The van der Waals surface area contributed by atoms with Crippen LogP contribution in [0.3, 0.4) is 0 Å². The molecule has 0 radical (unpaired) electrons. The van der Waals surface area contributed by atoms with Gasteiger partial charge in [0.2, 0.25) is 0 Å². The van der Waals surface area contributed by atoms with E-state index in [2.05, 4.69) is 10.3 Å². The van der Waals surface area contributed by atoms with Gasteiger partial charge in [-0.15, -0.1) is 0 Å². The molecule has 1 amide bonds. The predicted octanol–water partition coefficient (Wildman–Crippen LogP) is 2.96. The SMILES string of the molecule is O=C(Nc1cc(C(=O)O)c(F)cc1F)c1ccc(Cl)cn1. The third kappa shape index (κ3) is 3.32. The lowest BCUT2D eigenvalue weighted by Crippen LogP contribution is -2.15. The zero-order valence-corrected chi connectivity index (χ0v) is 11.0. The number of hydrogen-bond donors (Lipinski definition) is 2. The summed E-state index contributed by atoms with van der Waals surface area (Å²) in [6.07, 6.45) is 1.22. The average molecular weight is 313 g/mol. The van der Waals surface area contributed by atoms with Crippen molar-refractivity contribution in [3.05, 3.63) is 58.4 Å². The van der Waals surface area contributed by atoms with Crippen molar-refractivity contribution in [3.8, 4) is 0 Å². The molecule has 0 bridgehead atoms. The number of amides is 1. The van der Waals surface area contributed by atoms with Gasteiger partial charge in [-0.05, 0) is 18.2 Å². The van der Waals surface area contributed by atoms with Crippen molar-refractivity contribution in [1.82, 2.24) is 4.98 Å². The molecule has 5 nitrogen and oxygen atoms in total. The summed E-state index contributed by atoms with van der Waals surface area (Å²) in [6, 6.07) is 3.79. The molecule has 0 aliphatic rings. The molecular weight excluding hydrogens is 306 g/mol. The van der Waals surface area contributed by atoms with Gasteiger partial charge in [-0.25, -0.2) is 18.6 Å². The van der Waals surface area contributed by atoms with E-state index in [9.17, 15) is 18.4 Å². The molecule has 108 valence electrons. The monoisotopic (exact) mass is 312 g/mol. The Morgan fingerprint density at radius 1 is 1.19 bits per heavy atom. The van der Waals surface area contributed by atoms with Crippen LogP contribution >= 0.6 is 11.6 Å². The molecule has 0 aliphatic heterocycles. The van der Waals surface area contributed by atoms with Crippen LogP contribution in [0.15, 0.2) is 30.5 Å². The average Bonchev–Trinajstić information content (AvgIpc) is 2.42. The molecule has 21 heavy (non-hydrogen) atoms. The number of aromatic nitrogens is 1. The summed E-state index contributed by atoms with van der Waals surface area (Å²) < 4.78 is 26.8. The summed E-state index contributed by atoms with van der Waals surface area (Å²) >= 11 is 5.61. The molecule has 2 N–H and O–H groups in total. The van der Waals surface area contributed by atoms with Crippen LogP contribution in [0.5, 0.6) is 0 Å². The van der Waals surface area contributed by atoms with E-state index in [4.69, 9.17) is 16.7 Å². The summed E-state index contributed by atoms with van der Waals surface area (Å²) in [5.41, 5.74) is -1.27. The van der Waals surface area contributed by atoms with Crippen molar-refractivity contribution in [2.45, 2.75) is 0 Å². The Morgan fingerprint density at radius 3 is 2.48 bits per heavy atom. The maximum Gasteiger partial charge on any atom is 0.338 e. The van der Waals surface area contributed by atoms with Crippen molar-refractivity contribution < 1.29 is 23.5 Å². The lowest BCUT2D eigenvalue weighted by Gasteiger charge is -2.08. The number of carbonyl (C=O) groups is 2. The van der Waals surface area contributed by atoms with Crippen molar-refractivity contribution in [2.24, 2.45) is 0 Å². The van der Waals surface area contributed by atoms with Gasteiger partial charge < -0.3 is 10.4 Å². The lowest BCUT2D eigenvalue weighted by molar-refractivity contribution is 0.0691. The van der Waals surface area contributed by atoms with Crippen LogP contribution in [0, 0.1) is 11.6 Å². The van der Waals surface area contributed by atoms with Gasteiger partial charge in [0.05, 0.1) is 16.3 Å². The second kappa shape index (κ2) is 5.84. The number of nitrogens with one attached hydrogen (secondary N) is 1. The highest BCUT2D eigenvalue weighted by Gasteiger charge is 2.17. The number of carboxylic acids is 1. The highest BCUT2D eigenvalue weighted by molar-refractivity contribution is 6.30. The molecule has 0 spiro atoms. The van der Waals surface area contributed by atoms with E-state index in [1.807, 2.05) is 0 Å². The smallest absolute Gasteiger partial charge is 0.338 e. The molecule has 0 aliphatic carbocycles. The number of nitrogens with zero attached hydrogens (tertiary/aromatic N) is 1. The molecule has 1 aromatic heterocycles. The quantitative estimate of drug-likeness (QED) is 0.913. The molecule has 1 aromatic carbocycles. The van der Waals surface area contributed by atoms with Gasteiger partial charge in [0.25, 0.3) is 5.91 Å². The Labute approximate surface area is 122 Å². The zero-order valence-electron chi connectivity index (χ0n) is 10.2. The third-order valence-corrected chi connectivity index (χ3v) is 2.72. The van der Waals surface area contributed by atoms with Gasteiger partial charge in [0.1, 0.15) is 17.3 Å². The number of carboxylic acid groups (broad SMARTS) is 1. The Morgan fingerprint density at radius 2 is 1.90 bits per heavy atom. The summed E-state index contributed by atoms with van der Waals surface area (Å²) in [7, 11) is 0. The maximum absolute atomic E-state index is 13.5. The van der Waals surface area contributed by atoms with Crippen molar-refractivity contribution in [2.75, 3.05) is 5.32 Å². The molecule has 8 heteroatoms. The Hall–Kier alpha value is -2.54. The first-order chi connectivity index (χ1) is 9.88. The zero-order chi connectivity index (χ0) is 15.6. The fourth-order valence-electron chi connectivity index (χ4n) is 1.51. The molecule has 0 unspecified atom stereocenters. The fourth-order valence-corrected chi connectivity index (χ4v) is 1.62. The van der Waals surface area contributed by atoms with Crippen LogP contribution < -0.4 is 5.32 Å².